The minimum Gasteiger partial charge on any atom is -0.369 e. The summed E-state index contributed by atoms with van der Waals surface area (Å²) in [4.78, 5) is 11.1. The first-order chi connectivity index (χ1) is 8.69. The molecule has 0 radical (unpaired) electrons. The third-order valence-electron chi connectivity index (χ3n) is 5.03. The molecule has 104 valence electrons. The largest absolute Gasteiger partial charge is 0.369 e. The first kappa shape index (κ1) is 13.9. The van der Waals surface area contributed by atoms with Gasteiger partial charge in [0, 0.05) is 18.0 Å². The van der Waals surface area contributed by atoms with Crippen molar-refractivity contribution in [3.63, 3.8) is 0 Å². The van der Waals surface area contributed by atoms with E-state index in [-0.39, 0.29) is 11.8 Å². The first-order valence-corrected chi connectivity index (χ1v) is 7.74. The van der Waals surface area contributed by atoms with E-state index < -0.39 is 0 Å². The predicted octanol–water partition coefficient (Wildman–Crippen LogP) is 2.59. The Morgan fingerprint density at radius 2 is 1.50 bits per heavy atom. The van der Waals surface area contributed by atoms with Crippen LogP contribution in [-0.2, 0) is 4.79 Å². The highest BCUT2D eigenvalue weighted by atomic mass is 16.1. The van der Waals surface area contributed by atoms with E-state index in [1.165, 1.54) is 32.1 Å². The van der Waals surface area contributed by atoms with Gasteiger partial charge in [-0.1, -0.05) is 13.3 Å². The lowest BCUT2D eigenvalue weighted by Gasteiger charge is -2.34. The van der Waals surface area contributed by atoms with Gasteiger partial charge in [0.15, 0.2) is 0 Å². The molecule has 0 atom stereocenters. The lowest BCUT2D eigenvalue weighted by Crippen LogP contribution is -2.43. The van der Waals surface area contributed by atoms with Crippen molar-refractivity contribution >= 4 is 5.91 Å². The summed E-state index contributed by atoms with van der Waals surface area (Å²) in [7, 11) is 0. The summed E-state index contributed by atoms with van der Waals surface area (Å²) >= 11 is 0. The molecule has 0 aromatic heterocycles. The van der Waals surface area contributed by atoms with Crippen LogP contribution in [0.4, 0.5) is 0 Å². The van der Waals surface area contributed by atoms with E-state index in [0.29, 0.717) is 6.04 Å². The van der Waals surface area contributed by atoms with Gasteiger partial charge >= 0.3 is 0 Å². The number of hydrogen-bond acceptors (Lipinski definition) is 2. The summed E-state index contributed by atoms with van der Waals surface area (Å²) in [5, 5.41) is 3.81. The molecule has 0 bridgehead atoms. The topological polar surface area (TPSA) is 55.1 Å². The summed E-state index contributed by atoms with van der Waals surface area (Å²) in [6.07, 6.45) is 11.0. The second kappa shape index (κ2) is 6.55. The maximum absolute atomic E-state index is 11.1. The fourth-order valence-corrected chi connectivity index (χ4v) is 3.62. The van der Waals surface area contributed by atoms with Crippen molar-refractivity contribution in [2.24, 2.45) is 17.6 Å². The molecule has 0 heterocycles. The highest BCUT2D eigenvalue weighted by Crippen LogP contribution is 2.29. The van der Waals surface area contributed by atoms with Gasteiger partial charge in [-0.15, -0.1) is 0 Å². The molecule has 0 saturated heterocycles. The average Bonchev–Trinajstić information content (AvgIpc) is 2.40. The van der Waals surface area contributed by atoms with E-state index in [4.69, 9.17) is 5.73 Å². The minimum atomic E-state index is -0.100. The Morgan fingerprint density at radius 3 is 1.94 bits per heavy atom. The Kier molecular flexibility index (Phi) is 5.04. The van der Waals surface area contributed by atoms with E-state index in [0.717, 1.165) is 37.6 Å². The summed E-state index contributed by atoms with van der Waals surface area (Å²) < 4.78 is 0. The van der Waals surface area contributed by atoms with Gasteiger partial charge in [-0.25, -0.2) is 0 Å². The highest BCUT2D eigenvalue weighted by Gasteiger charge is 2.27. The van der Waals surface area contributed by atoms with Crippen molar-refractivity contribution in [1.29, 1.82) is 0 Å². The van der Waals surface area contributed by atoms with E-state index >= 15 is 0 Å². The molecule has 3 N–H and O–H groups in total. The van der Waals surface area contributed by atoms with Gasteiger partial charge in [-0.2, -0.15) is 0 Å². The lowest BCUT2D eigenvalue weighted by molar-refractivity contribution is -0.122. The Labute approximate surface area is 111 Å². The number of hydrogen-bond donors (Lipinski definition) is 2. The van der Waals surface area contributed by atoms with Gasteiger partial charge in [-0.3, -0.25) is 4.79 Å². The third kappa shape index (κ3) is 3.71. The molecule has 1 amide bonds. The second-order valence-corrected chi connectivity index (χ2v) is 6.24. The summed E-state index contributed by atoms with van der Waals surface area (Å²) in [5.41, 5.74) is 5.37. The first-order valence-electron chi connectivity index (χ1n) is 7.74. The fourth-order valence-electron chi connectivity index (χ4n) is 3.62. The zero-order valence-electron chi connectivity index (χ0n) is 11.7. The number of nitrogens with one attached hydrogen (secondary N) is 1. The molecule has 2 rings (SSSR count). The van der Waals surface area contributed by atoms with Gasteiger partial charge in [0.1, 0.15) is 0 Å². The lowest BCUT2D eigenvalue weighted by atomic mass is 9.82. The van der Waals surface area contributed by atoms with Gasteiger partial charge in [0.25, 0.3) is 0 Å². The Balaban J connectivity index is 1.67. The van der Waals surface area contributed by atoms with Crippen LogP contribution >= 0.6 is 0 Å². The zero-order valence-corrected chi connectivity index (χ0v) is 11.7. The zero-order chi connectivity index (χ0) is 13.0. The molecule has 0 spiro atoms. The van der Waals surface area contributed by atoms with E-state index in [1.807, 2.05) is 0 Å². The number of rotatable bonds is 4. The molecule has 0 aliphatic heterocycles. The average molecular weight is 252 g/mol. The number of primary amides is 1. The Bertz CT molecular complexity index is 264. The number of nitrogens with two attached hydrogens (primary N) is 1. The predicted molar refractivity (Wildman–Crippen MR) is 74.1 cm³/mol. The fraction of sp³-hybridized carbons (Fsp3) is 0.933. The molecule has 2 aliphatic rings. The van der Waals surface area contributed by atoms with Crippen LogP contribution in [0.5, 0.6) is 0 Å². The second-order valence-electron chi connectivity index (χ2n) is 6.24. The van der Waals surface area contributed by atoms with Crippen molar-refractivity contribution in [3.05, 3.63) is 0 Å². The van der Waals surface area contributed by atoms with E-state index in [1.54, 1.807) is 0 Å². The normalized spacial score (nSPS) is 37.4. The van der Waals surface area contributed by atoms with Crippen LogP contribution in [0.3, 0.4) is 0 Å². The van der Waals surface area contributed by atoms with Crippen molar-refractivity contribution in [2.75, 3.05) is 0 Å². The quantitative estimate of drug-likeness (QED) is 0.808. The summed E-state index contributed by atoms with van der Waals surface area (Å²) in [6.45, 7) is 2.31. The van der Waals surface area contributed by atoms with Gasteiger partial charge < -0.3 is 11.1 Å². The molecule has 18 heavy (non-hydrogen) atoms. The molecular weight excluding hydrogens is 224 g/mol. The molecule has 0 aromatic carbocycles. The molecular formula is C15H28N2O. The van der Waals surface area contributed by atoms with Gasteiger partial charge in [0.2, 0.25) is 5.91 Å². The van der Waals surface area contributed by atoms with E-state index in [2.05, 4.69) is 12.2 Å². The van der Waals surface area contributed by atoms with Gasteiger partial charge in [0.05, 0.1) is 0 Å². The van der Waals surface area contributed by atoms with Crippen LogP contribution in [0.15, 0.2) is 0 Å². The standard InChI is InChI=1S/C15H28N2O/c1-2-11-3-7-13(8-4-11)17-14-9-5-12(6-10-14)15(16)18/h11-14,17H,2-10H2,1H3,(H2,16,18). The third-order valence-corrected chi connectivity index (χ3v) is 5.03. The molecule has 3 nitrogen and oxygen atoms in total. The van der Waals surface area contributed by atoms with Crippen LogP contribution in [0.1, 0.15) is 64.7 Å². The number of amides is 1. The molecule has 0 aromatic rings. The van der Waals surface area contributed by atoms with Crippen LogP contribution in [0, 0.1) is 11.8 Å². The summed E-state index contributed by atoms with van der Waals surface area (Å²) in [6, 6.07) is 1.35. The maximum Gasteiger partial charge on any atom is 0.220 e. The maximum atomic E-state index is 11.1. The van der Waals surface area contributed by atoms with Crippen LogP contribution in [0.2, 0.25) is 0 Å². The molecule has 2 fully saturated rings. The van der Waals surface area contributed by atoms with Crippen LogP contribution in [-0.4, -0.2) is 18.0 Å². The van der Waals surface area contributed by atoms with Crippen molar-refractivity contribution in [2.45, 2.75) is 76.8 Å². The molecule has 2 aliphatic carbocycles. The summed E-state index contributed by atoms with van der Waals surface area (Å²) in [5.74, 6) is 1.00. The van der Waals surface area contributed by atoms with Crippen molar-refractivity contribution in [1.82, 2.24) is 5.32 Å². The Hall–Kier alpha value is -0.570. The number of carbonyl (C=O) groups excluding carboxylic acids is 1. The van der Waals surface area contributed by atoms with Gasteiger partial charge in [-0.05, 0) is 57.3 Å². The minimum absolute atomic E-state index is 0.100. The van der Waals surface area contributed by atoms with Crippen LogP contribution in [0.25, 0.3) is 0 Å². The monoisotopic (exact) mass is 252 g/mol. The molecule has 0 unspecified atom stereocenters. The Morgan fingerprint density at radius 1 is 1.00 bits per heavy atom. The smallest absolute Gasteiger partial charge is 0.220 e. The number of carbonyl (C=O) groups is 1. The van der Waals surface area contributed by atoms with Crippen molar-refractivity contribution < 1.29 is 4.79 Å². The van der Waals surface area contributed by atoms with Crippen LogP contribution < -0.4 is 11.1 Å². The molecule has 3 heteroatoms. The van der Waals surface area contributed by atoms with E-state index in [9.17, 15) is 4.79 Å². The SMILES string of the molecule is CCC1CCC(NC2CCC(C(N)=O)CC2)CC1. The molecule has 2 saturated carbocycles. The highest BCUT2D eigenvalue weighted by molar-refractivity contribution is 5.76. The van der Waals surface area contributed by atoms with Crippen molar-refractivity contribution in [3.8, 4) is 0 Å².